The average molecular weight is 291 g/mol. The molecule has 5 nitrogen and oxygen atoms in total. The summed E-state index contributed by atoms with van der Waals surface area (Å²) >= 11 is 0. The van der Waals surface area contributed by atoms with Crippen LogP contribution >= 0.6 is 0 Å². The molecule has 1 aromatic heterocycles. The van der Waals surface area contributed by atoms with Gasteiger partial charge in [-0.2, -0.15) is 0 Å². The standard InChI is InChI=1S/C16H25N3O2/c1-11(2)15-14(6-8-21-15)10-18-16(20)19-12(3)13-5-4-7-17-9-13/h4-5,7,9,11-12,14-15H,6,8,10H2,1-3H3,(H2,18,19,20)/t12-,14-,15+/m0/s1. The topological polar surface area (TPSA) is 63.2 Å². The molecule has 5 heteroatoms. The third kappa shape index (κ3) is 4.43. The summed E-state index contributed by atoms with van der Waals surface area (Å²) in [5.41, 5.74) is 0.997. The van der Waals surface area contributed by atoms with E-state index in [1.165, 1.54) is 0 Å². The van der Waals surface area contributed by atoms with Crippen LogP contribution in [0.2, 0.25) is 0 Å². The molecule has 0 bridgehead atoms. The lowest BCUT2D eigenvalue weighted by Gasteiger charge is -2.23. The molecule has 2 amide bonds. The van der Waals surface area contributed by atoms with E-state index < -0.39 is 0 Å². The number of urea groups is 1. The van der Waals surface area contributed by atoms with Gasteiger partial charge in [-0.05, 0) is 30.9 Å². The van der Waals surface area contributed by atoms with Crippen LogP contribution in [0, 0.1) is 11.8 Å². The first-order valence-electron chi connectivity index (χ1n) is 7.64. The van der Waals surface area contributed by atoms with Crippen molar-refractivity contribution in [3.8, 4) is 0 Å². The zero-order valence-corrected chi connectivity index (χ0v) is 13.0. The Bertz CT molecular complexity index is 450. The molecule has 0 aromatic carbocycles. The second kappa shape index (κ2) is 7.41. The smallest absolute Gasteiger partial charge is 0.315 e. The maximum atomic E-state index is 12.0. The van der Waals surface area contributed by atoms with Crippen molar-refractivity contribution in [2.24, 2.45) is 11.8 Å². The monoisotopic (exact) mass is 291 g/mol. The molecule has 1 aromatic rings. The largest absolute Gasteiger partial charge is 0.378 e. The van der Waals surface area contributed by atoms with E-state index in [0.717, 1.165) is 18.6 Å². The maximum Gasteiger partial charge on any atom is 0.315 e. The Kier molecular flexibility index (Phi) is 5.56. The number of nitrogens with zero attached hydrogens (tertiary/aromatic N) is 1. The quantitative estimate of drug-likeness (QED) is 0.876. The van der Waals surface area contributed by atoms with Gasteiger partial charge in [0.15, 0.2) is 0 Å². The summed E-state index contributed by atoms with van der Waals surface area (Å²) in [5.74, 6) is 0.890. The summed E-state index contributed by atoms with van der Waals surface area (Å²) in [6.07, 6.45) is 4.76. The number of hydrogen-bond donors (Lipinski definition) is 2. The van der Waals surface area contributed by atoms with E-state index in [1.54, 1.807) is 12.4 Å². The van der Waals surface area contributed by atoms with E-state index in [-0.39, 0.29) is 18.2 Å². The van der Waals surface area contributed by atoms with Gasteiger partial charge in [-0.3, -0.25) is 4.98 Å². The number of aromatic nitrogens is 1. The van der Waals surface area contributed by atoms with Gasteiger partial charge in [0.25, 0.3) is 0 Å². The molecular weight excluding hydrogens is 266 g/mol. The van der Waals surface area contributed by atoms with Gasteiger partial charge in [-0.15, -0.1) is 0 Å². The van der Waals surface area contributed by atoms with Gasteiger partial charge in [0.2, 0.25) is 0 Å². The SMILES string of the molecule is CC(C)[C@H]1OCC[C@H]1CNC(=O)N[C@@H](C)c1cccnc1. The number of rotatable bonds is 5. The van der Waals surface area contributed by atoms with E-state index in [0.29, 0.717) is 18.4 Å². The lowest BCUT2D eigenvalue weighted by atomic mass is 9.93. The van der Waals surface area contributed by atoms with Crippen LogP contribution in [-0.4, -0.2) is 30.3 Å². The number of ether oxygens (including phenoxy) is 1. The van der Waals surface area contributed by atoms with Crippen molar-refractivity contribution in [1.29, 1.82) is 0 Å². The minimum atomic E-state index is -0.138. The Morgan fingerprint density at radius 1 is 1.48 bits per heavy atom. The Balaban J connectivity index is 1.77. The molecule has 0 unspecified atom stereocenters. The molecule has 2 rings (SSSR count). The second-order valence-electron chi connectivity index (χ2n) is 5.99. The zero-order valence-electron chi connectivity index (χ0n) is 13.0. The first-order chi connectivity index (χ1) is 10.1. The lowest BCUT2D eigenvalue weighted by Crippen LogP contribution is -2.41. The fraction of sp³-hybridized carbons (Fsp3) is 0.625. The predicted molar refractivity (Wildman–Crippen MR) is 81.9 cm³/mol. The molecule has 116 valence electrons. The lowest BCUT2D eigenvalue weighted by molar-refractivity contribution is 0.0545. The van der Waals surface area contributed by atoms with Gasteiger partial charge in [-0.1, -0.05) is 19.9 Å². The molecule has 2 heterocycles. The first kappa shape index (κ1) is 15.8. The van der Waals surface area contributed by atoms with Gasteiger partial charge in [0.05, 0.1) is 12.1 Å². The summed E-state index contributed by atoms with van der Waals surface area (Å²) in [6, 6.07) is 3.63. The molecule has 1 aliphatic rings. The van der Waals surface area contributed by atoms with Gasteiger partial charge < -0.3 is 15.4 Å². The summed E-state index contributed by atoms with van der Waals surface area (Å²) in [7, 11) is 0. The van der Waals surface area contributed by atoms with Crippen molar-refractivity contribution in [3.05, 3.63) is 30.1 Å². The highest BCUT2D eigenvalue weighted by molar-refractivity contribution is 5.74. The normalized spacial score (nSPS) is 23.0. The Morgan fingerprint density at radius 3 is 2.95 bits per heavy atom. The fourth-order valence-electron chi connectivity index (χ4n) is 2.80. The van der Waals surface area contributed by atoms with Crippen molar-refractivity contribution in [1.82, 2.24) is 15.6 Å². The molecule has 0 aliphatic carbocycles. The first-order valence-corrected chi connectivity index (χ1v) is 7.64. The summed E-state index contributed by atoms with van der Waals surface area (Å²) < 4.78 is 5.73. The number of nitrogens with one attached hydrogen (secondary N) is 2. The third-order valence-electron chi connectivity index (χ3n) is 3.98. The van der Waals surface area contributed by atoms with E-state index in [9.17, 15) is 4.79 Å². The maximum absolute atomic E-state index is 12.0. The van der Waals surface area contributed by atoms with Crippen molar-refractivity contribution in [2.75, 3.05) is 13.2 Å². The minimum Gasteiger partial charge on any atom is -0.378 e. The van der Waals surface area contributed by atoms with Crippen LogP contribution in [0.25, 0.3) is 0 Å². The van der Waals surface area contributed by atoms with E-state index in [2.05, 4.69) is 29.5 Å². The number of amides is 2. The fourth-order valence-corrected chi connectivity index (χ4v) is 2.80. The van der Waals surface area contributed by atoms with Crippen LogP contribution in [-0.2, 0) is 4.74 Å². The van der Waals surface area contributed by atoms with Crippen molar-refractivity contribution in [2.45, 2.75) is 39.3 Å². The highest BCUT2D eigenvalue weighted by Gasteiger charge is 2.30. The average Bonchev–Trinajstić information content (AvgIpc) is 2.94. The van der Waals surface area contributed by atoms with Crippen LogP contribution in [0.4, 0.5) is 4.79 Å². The Morgan fingerprint density at radius 2 is 2.29 bits per heavy atom. The van der Waals surface area contributed by atoms with Gasteiger partial charge in [0.1, 0.15) is 0 Å². The van der Waals surface area contributed by atoms with Crippen molar-refractivity contribution >= 4 is 6.03 Å². The summed E-state index contributed by atoms with van der Waals surface area (Å²) in [5, 5.41) is 5.89. The molecule has 0 spiro atoms. The van der Waals surface area contributed by atoms with Crippen LogP contribution in [0.15, 0.2) is 24.5 Å². The zero-order chi connectivity index (χ0) is 15.2. The number of carbonyl (C=O) groups is 1. The van der Waals surface area contributed by atoms with E-state index in [4.69, 9.17) is 4.74 Å². The van der Waals surface area contributed by atoms with Gasteiger partial charge in [-0.25, -0.2) is 4.79 Å². The number of hydrogen-bond acceptors (Lipinski definition) is 3. The van der Waals surface area contributed by atoms with Crippen molar-refractivity contribution < 1.29 is 9.53 Å². The van der Waals surface area contributed by atoms with Crippen LogP contribution < -0.4 is 10.6 Å². The molecule has 1 saturated heterocycles. The molecule has 21 heavy (non-hydrogen) atoms. The minimum absolute atomic E-state index is 0.0561. The third-order valence-corrected chi connectivity index (χ3v) is 3.98. The molecule has 0 saturated carbocycles. The van der Waals surface area contributed by atoms with Gasteiger partial charge in [0, 0.05) is 31.5 Å². The predicted octanol–water partition coefficient (Wildman–Crippen LogP) is 2.50. The Hall–Kier alpha value is -1.62. The molecule has 1 fully saturated rings. The number of pyridine rings is 1. The van der Waals surface area contributed by atoms with E-state index in [1.807, 2.05) is 19.1 Å². The summed E-state index contributed by atoms with van der Waals surface area (Å²) in [6.45, 7) is 7.73. The van der Waals surface area contributed by atoms with Crippen molar-refractivity contribution in [3.63, 3.8) is 0 Å². The molecular formula is C16H25N3O2. The molecule has 2 N–H and O–H groups in total. The molecule has 3 atom stereocenters. The van der Waals surface area contributed by atoms with Gasteiger partial charge >= 0.3 is 6.03 Å². The second-order valence-corrected chi connectivity index (χ2v) is 5.99. The van der Waals surface area contributed by atoms with Crippen LogP contribution in [0.1, 0.15) is 38.8 Å². The molecule has 0 radical (unpaired) electrons. The van der Waals surface area contributed by atoms with E-state index >= 15 is 0 Å². The summed E-state index contributed by atoms with van der Waals surface area (Å²) in [4.78, 5) is 16.0. The highest BCUT2D eigenvalue weighted by atomic mass is 16.5. The Labute approximate surface area is 126 Å². The van der Waals surface area contributed by atoms with Crippen LogP contribution in [0.5, 0.6) is 0 Å². The number of carbonyl (C=O) groups excluding carboxylic acids is 1. The highest BCUT2D eigenvalue weighted by Crippen LogP contribution is 2.26. The van der Waals surface area contributed by atoms with Crippen LogP contribution in [0.3, 0.4) is 0 Å². The molecule has 1 aliphatic heterocycles.